The minimum atomic E-state index is -0.763. The maximum Gasteiger partial charge on any atom is 0.163 e. The van der Waals surface area contributed by atoms with Crippen LogP contribution in [0.2, 0.25) is 0 Å². The van der Waals surface area contributed by atoms with E-state index in [-0.39, 0.29) is 12.0 Å². The van der Waals surface area contributed by atoms with E-state index >= 15 is 0 Å². The Balaban J connectivity index is 1.82. The molecule has 3 nitrogen and oxygen atoms in total. The van der Waals surface area contributed by atoms with E-state index < -0.39 is 11.4 Å². The summed E-state index contributed by atoms with van der Waals surface area (Å²) in [5.41, 5.74) is 0.316. The first-order valence-electron chi connectivity index (χ1n) is 10.9. The number of hydrogen-bond donors (Lipinski definition) is 1. The third-order valence-corrected chi connectivity index (χ3v) is 8.38. The van der Waals surface area contributed by atoms with E-state index in [0.717, 1.165) is 31.4 Å². The summed E-state index contributed by atoms with van der Waals surface area (Å²) in [6, 6.07) is 0. The summed E-state index contributed by atoms with van der Waals surface area (Å²) in [6.45, 7) is 16.3. The highest BCUT2D eigenvalue weighted by Crippen LogP contribution is 2.61. The van der Waals surface area contributed by atoms with Crippen LogP contribution in [0.15, 0.2) is 12.2 Å². The molecule has 0 aromatic carbocycles. The molecule has 4 bridgehead atoms. The van der Waals surface area contributed by atoms with E-state index in [1.54, 1.807) is 0 Å². The van der Waals surface area contributed by atoms with Crippen molar-refractivity contribution < 1.29 is 14.6 Å². The number of hydrogen-bond acceptors (Lipinski definition) is 3. The molecule has 26 heavy (non-hydrogen) atoms. The van der Waals surface area contributed by atoms with E-state index in [0.29, 0.717) is 35.5 Å². The van der Waals surface area contributed by atoms with Gasteiger partial charge in [-0.25, -0.2) is 0 Å². The van der Waals surface area contributed by atoms with Crippen molar-refractivity contribution in [3.05, 3.63) is 12.2 Å². The molecule has 3 aliphatic carbocycles. The highest BCUT2D eigenvalue weighted by Gasteiger charge is 2.64. The molecule has 0 radical (unpaired) electrons. The Kier molecular flexibility index (Phi) is 4.61. The molecular weight excluding hydrogens is 324 g/mol. The summed E-state index contributed by atoms with van der Waals surface area (Å²) >= 11 is 0. The topological polar surface area (TPSA) is 38.7 Å². The molecule has 1 unspecified atom stereocenters. The van der Waals surface area contributed by atoms with E-state index in [2.05, 4.69) is 27.4 Å². The molecular formula is C23H38O3. The predicted octanol–water partition coefficient (Wildman–Crippen LogP) is 4.79. The first kappa shape index (κ1) is 19.0. The third kappa shape index (κ3) is 2.72. The number of ether oxygens (including phenoxy) is 2. The first-order chi connectivity index (χ1) is 12.1. The Bertz CT molecular complexity index is 568. The second-order valence-corrected chi connectivity index (χ2v) is 10.5. The zero-order chi connectivity index (χ0) is 18.9. The normalized spacial score (nSPS) is 50.7. The molecule has 1 heterocycles. The minimum absolute atomic E-state index is 0.0930. The molecule has 8 atom stereocenters. The molecule has 4 rings (SSSR count). The van der Waals surface area contributed by atoms with Crippen molar-refractivity contribution in [2.24, 2.45) is 41.4 Å². The third-order valence-electron chi connectivity index (χ3n) is 8.38. The van der Waals surface area contributed by atoms with Gasteiger partial charge in [-0.1, -0.05) is 33.8 Å². The van der Waals surface area contributed by atoms with Crippen LogP contribution >= 0.6 is 0 Å². The summed E-state index contributed by atoms with van der Waals surface area (Å²) in [7, 11) is 0. The second kappa shape index (κ2) is 6.32. The maximum atomic E-state index is 12.3. The average Bonchev–Trinajstić information content (AvgIpc) is 2.55. The molecule has 3 saturated carbocycles. The van der Waals surface area contributed by atoms with Gasteiger partial charge in [0.2, 0.25) is 0 Å². The van der Waals surface area contributed by atoms with Crippen molar-refractivity contribution in [2.45, 2.75) is 84.2 Å². The standard InChI is InChI=1S/C23H38O3/c1-13(2)17-9-7-14(3)18-10-8-15(4)23(24)19(17)11-16-12-25-22(5,6)26-21(16)20(18)23/h13-14,16-21,24H,4,7-12H2,1-3,5-6H3/t14-,16+,17-,18+,19+,20?,21-,23+/m1/s1. The van der Waals surface area contributed by atoms with Crippen molar-refractivity contribution in [2.75, 3.05) is 6.61 Å². The van der Waals surface area contributed by atoms with Crippen molar-refractivity contribution in [1.29, 1.82) is 0 Å². The molecule has 3 heteroatoms. The fraction of sp³-hybridized carbons (Fsp3) is 0.913. The SMILES string of the molecule is C=C1CC[C@@H]2C3[C@@H]4OC(C)(C)OC[C@@H]4C[C@@H]([C@@H](C(C)C)CC[C@H]2C)[C@@]13O. The Morgan fingerprint density at radius 1 is 1.19 bits per heavy atom. The summed E-state index contributed by atoms with van der Waals surface area (Å²) in [4.78, 5) is 0. The molecule has 0 aromatic heterocycles. The molecule has 1 aliphatic heterocycles. The zero-order valence-corrected chi connectivity index (χ0v) is 17.3. The average molecular weight is 363 g/mol. The van der Waals surface area contributed by atoms with Crippen LogP contribution in [0.3, 0.4) is 0 Å². The number of rotatable bonds is 1. The van der Waals surface area contributed by atoms with Crippen LogP contribution in [0, 0.1) is 41.4 Å². The van der Waals surface area contributed by atoms with Crippen LogP contribution in [-0.4, -0.2) is 29.2 Å². The van der Waals surface area contributed by atoms with Gasteiger partial charge in [0, 0.05) is 11.8 Å². The monoisotopic (exact) mass is 362 g/mol. The van der Waals surface area contributed by atoms with Gasteiger partial charge in [0.25, 0.3) is 0 Å². The first-order valence-corrected chi connectivity index (χ1v) is 10.9. The van der Waals surface area contributed by atoms with Gasteiger partial charge in [0.1, 0.15) is 0 Å². The molecule has 4 aliphatic rings. The molecule has 4 fully saturated rings. The highest BCUT2D eigenvalue weighted by atomic mass is 16.7. The second-order valence-electron chi connectivity index (χ2n) is 10.5. The van der Waals surface area contributed by atoms with E-state index in [4.69, 9.17) is 9.47 Å². The number of aliphatic hydroxyl groups is 1. The predicted molar refractivity (Wildman–Crippen MR) is 104 cm³/mol. The number of fused-ring (bicyclic) bond motifs is 1. The lowest BCUT2D eigenvalue weighted by atomic mass is 9.47. The van der Waals surface area contributed by atoms with Crippen molar-refractivity contribution in [3.8, 4) is 0 Å². The lowest BCUT2D eigenvalue weighted by molar-refractivity contribution is -0.340. The molecule has 0 spiro atoms. The van der Waals surface area contributed by atoms with E-state index in [1.807, 2.05) is 13.8 Å². The molecule has 0 amide bonds. The van der Waals surface area contributed by atoms with Crippen LogP contribution in [0.25, 0.3) is 0 Å². The fourth-order valence-electron chi connectivity index (χ4n) is 7.03. The minimum Gasteiger partial charge on any atom is -0.385 e. The molecule has 1 saturated heterocycles. The van der Waals surface area contributed by atoms with Gasteiger partial charge in [-0.05, 0) is 74.7 Å². The van der Waals surface area contributed by atoms with Gasteiger partial charge in [0.05, 0.1) is 18.3 Å². The van der Waals surface area contributed by atoms with Crippen LogP contribution in [-0.2, 0) is 9.47 Å². The lowest BCUT2D eigenvalue weighted by Crippen LogP contribution is -2.68. The van der Waals surface area contributed by atoms with Crippen molar-refractivity contribution in [1.82, 2.24) is 0 Å². The van der Waals surface area contributed by atoms with E-state index in [9.17, 15) is 5.11 Å². The summed E-state index contributed by atoms with van der Waals surface area (Å²) in [6.07, 6.45) is 5.74. The van der Waals surface area contributed by atoms with Crippen LogP contribution < -0.4 is 0 Å². The van der Waals surface area contributed by atoms with Crippen LogP contribution in [0.4, 0.5) is 0 Å². The Labute approximate surface area is 159 Å². The fourth-order valence-corrected chi connectivity index (χ4v) is 7.03. The zero-order valence-electron chi connectivity index (χ0n) is 17.3. The van der Waals surface area contributed by atoms with Crippen molar-refractivity contribution in [3.63, 3.8) is 0 Å². The van der Waals surface area contributed by atoms with Gasteiger partial charge < -0.3 is 14.6 Å². The lowest BCUT2D eigenvalue weighted by Gasteiger charge is -2.64. The van der Waals surface area contributed by atoms with Crippen LogP contribution in [0.1, 0.15) is 66.7 Å². The largest absolute Gasteiger partial charge is 0.385 e. The summed E-state index contributed by atoms with van der Waals surface area (Å²) < 4.78 is 12.6. The van der Waals surface area contributed by atoms with Gasteiger partial charge in [-0.15, -0.1) is 0 Å². The Hall–Kier alpha value is -0.380. The van der Waals surface area contributed by atoms with Gasteiger partial charge in [0.15, 0.2) is 5.79 Å². The molecule has 1 N–H and O–H groups in total. The van der Waals surface area contributed by atoms with Gasteiger partial charge in [-0.2, -0.15) is 0 Å². The summed E-state index contributed by atoms with van der Waals surface area (Å²) in [5.74, 6) is 2.62. The van der Waals surface area contributed by atoms with E-state index in [1.165, 1.54) is 12.8 Å². The Morgan fingerprint density at radius 2 is 1.92 bits per heavy atom. The smallest absolute Gasteiger partial charge is 0.163 e. The Morgan fingerprint density at radius 3 is 2.62 bits per heavy atom. The van der Waals surface area contributed by atoms with Crippen LogP contribution in [0.5, 0.6) is 0 Å². The van der Waals surface area contributed by atoms with Gasteiger partial charge >= 0.3 is 0 Å². The molecule has 148 valence electrons. The molecule has 0 aromatic rings. The quantitative estimate of drug-likeness (QED) is 0.682. The highest BCUT2D eigenvalue weighted by molar-refractivity contribution is 5.27. The summed E-state index contributed by atoms with van der Waals surface area (Å²) in [5, 5.41) is 12.3. The van der Waals surface area contributed by atoms with Gasteiger partial charge in [-0.3, -0.25) is 0 Å². The van der Waals surface area contributed by atoms with Crippen molar-refractivity contribution >= 4 is 0 Å². The maximum absolute atomic E-state index is 12.3.